The summed E-state index contributed by atoms with van der Waals surface area (Å²) in [6.07, 6.45) is 9.39. The Hall–Kier alpha value is -1.31. The third-order valence-corrected chi connectivity index (χ3v) is 6.67. The van der Waals surface area contributed by atoms with Gasteiger partial charge in [0.2, 0.25) is 0 Å². The topological polar surface area (TPSA) is 21.6 Å². The molecule has 2 nitrogen and oxygen atoms in total. The van der Waals surface area contributed by atoms with Crippen LogP contribution < -0.4 is 0 Å². The van der Waals surface area contributed by atoms with E-state index in [9.17, 15) is 0 Å². The van der Waals surface area contributed by atoms with Gasteiger partial charge in [0.15, 0.2) is 0 Å². The van der Waals surface area contributed by atoms with Gasteiger partial charge in [-0.25, -0.2) is 0 Å². The van der Waals surface area contributed by atoms with Crippen LogP contribution in [0.4, 0.5) is 0 Å². The first kappa shape index (κ1) is 16.2. The number of hydrogen-bond donors (Lipinski definition) is 0. The Kier molecular flexibility index (Phi) is 3.97. The summed E-state index contributed by atoms with van der Waals surface area (Å²) in [5.41, 5.74) is 2.51. The van der Waals surface area contributed by atoms with Gasteiger partial charge in [-0.15, -0.1) is 0 Å². The predicted octanol–water partition coefficient (Wildman–Crippen LogP) is 5.81. The third kappa shape index (κ3) is 2.68. The molecule has 2 heteroatoms. The number of hydrogen-bond acceptors (Lipinski definition) is 2. The van der Waals surface area contributed by atoms with Crippen molar-refractivity contribution in [3.05, 3.63) is 35.9 Å². The van der Waals surface area contributed by atoms with Crippen LogP contribution in [0.25, 0.3) is 0 Å². The lowest BCUT2D eigenvalue weighted by atomic mass is 9.57. The highest BCUT2D eigenvalue weighted by molar-refractivity contribution is 6.03. The second-order valence-corrected chi connectivity index (χ2v) is 9.35. The Balaban J connectivity index is 1.67. The highest BCUT2D eigenvalue weighted by Crippen LogP contribution is 2.55. The van der Waals surface area contributed by atoms with Crippen LogP contribution in [-0.4, -0.2) is 11.3 Å². The summed E-state index contributed by atoms with van der Waals surface area (Å²) in [6.45, 7) is 7.08. The second kappa shape index (κ2) is 5.89. The molecular weight excluding hydrogens is 294 g/mol. The van der Waals surface area contributed by atoms with Crippen LogP contribution in [0.1, 0.15) is 71.3 Å². The van der Waals surface area contributed by atoms with Gasteiger partial charge in [-0.3, -0.25) is 0 Å². The zero-order valence-corrected chi connectivity index (χ0v) is 15.4. The molecule has 3 aliphatic rings. The van der Waals surface area contributed by atoms with E-state index in [1.54, 1.807) is 0 Å². The molecule has 1 aromatic carbocycles. The largest absolute Gasteiger partial charge is 0.388 e. The molecule has 0 radical (unpaired) electrons. The van der Waals surface area contributed by atoms with E-state index in [1.165, 1.54) is 56.2 Å². The summed E-state index contributed by atoms with van der Waals surface area (Å²) in [6, 6.07) is 10.7. The molecule has 1 aromatic rings. The van der Waals surface area contributed by atoms with Crippen LogP contribution in [0.2, 0.25) is 0 Å². The molecule has 4 unspecified atom stereocenters. The monoisotopic (exact) mass is 325 g/mol. The molecular formula is C22H31NO. The van der Waals surface area contributed by atoms with Crippen molar-refractivity contribution in [3.63, 3.8) is 0 Å². The smallest absolute Gasteiger partial charge is 0.147 e. The lowest BCUT2D eigenvalue weighted by Gasteiger charge is -2.48. The van der Waals surface area contributed by atoms with E-state index in [0.717, 1.165) is 11.8 Å². The van der Waals surface area contributed by atoms with Gasteiger partial charge in [-0.05, 0) is 42.1 Å². The maximum atomic E-state index is 6.32. The molecule has 4 rings (SSSR count). The maximum Gasteiger partial charge on any atom is 0.147 e. The molecule has 1 aliphatic heterocycles. The van der Waals surface area contributed by atoms with Crippen LogP contribution >= 0.6 is 0 Å². The second-order valence-electron chi connectivity index (χ2n) is 9.35. The van der Waals surface area contributed by atoms with Crippen molar-refractivity contribution in [1.82, 2.24) is 0 Å². The van der Waals surface area contributed by atoms with Crippen molar-refractivity contribution in [2.24, 2.45) is 28.3 Å². The van der Waals surface area contributed by atoms with Crippen molar-refractivity contribution < 1.29 is 4.84 Å². The third-order valence-electron chi connectivity index (χ3n) is 6.67. The molecule has 0 bridgehead atoms. The average Bonchev–Trinajstić information content (AvgIpc) is 2.94. The van der Waals surface area contributed by atoms with Crippen LogP contribution in [0.15, 0.2) is 35.5 Å². The number of nitrogens with zero attached hydrogens (tertiary/aromatic N) is 1. The van der Waals surface area contributed by atoms with Gasteiger partial charge in [-0.1, -0.05) is 81.9 Å². The Bertz CT molecular complexity index is 615. The first-order valence-electron chi connectivity index (χ1n) is 9.81. The van der Waals surface area contributed by atoms with Gasteiger partial charge in [0.1, 0.15) is 5.60 Å². The van der Waals surface area contributed by atoms with E-state index in [1.807, 2.05) is 0 Å². The van der Waals surface area contributed by atoms with Crippen molar-refractivity contribution in [2.45, 2.75) is 71.3 Å². The minimum absolute atomic E-state index is 0.0675. The normalized spacial score (nSPS) is 36.1. The van der Waals surface area contributed by atoms with E-state index < -0.39 is 0 Å². The maximum absolute atomic E-state index is 6.32. The lowest BCUT2D eigenvalue weighted by molar-refractivity contribution is -0.119. The van der Waals surface area contributed by atoms with Crippen LogP contribution in [0, 0.1) is 23.2 Å². The van der Waals surface area contributed by atoms with Crippen molar-refractivity contribution in [3.8, 4) is 0 Å². The molecule has 1 heterocycles. The zero-order valence-electron chi connectivity index (χ0n) is 15.4. The Labute approximate surface area is 146 Å². The summed E-state index contributed by atoms with van der Waals surface area (Å²) in [5, 5.41) is 4.69. The molecule has 0 saturated heterocycles. The number of oxime groups is 1. The first-order valence-corrected chi connectivity index (χ1v) is 9.81. The highest BCUT2D eigenvalue weighted by atomic mass is 16.7. The van der Waals surface area contributed by atoms with Crippen molar-refractivity contribution in [2.75, 3.05) is 0 Å². The summed E-state index contributed by atoms with van der Waals surface area (Å²) < 4.78 is 0. The number of benzene rings is 1. The molecule has 1 spiro atoms. The molecule has 0 amide bonds. The zero-order chi connectivity index (χ0) is 16.8. The average molecular weight is 325 g/mol. The van der Waals surface area contributed by atoms with Gasteiger partial charge in [0, 0.05) is 0 Å². The number of fused-ring (bicyclic) bond motifs is 1. The molecule has 24 heavy (non-hydrogen) atoms. The fraction of sp³-hybridized carbons (Fsp3) is 0.682. The van der Waals surface area contributed by atoms with Gasteiger partial charge in [0.25, 0.3) is 0 Å². The minimum Gasteiger partial charge on any atom is -0.388 e. The SMILES string of the molecule is CC(C)(C)C1C(c2ccccc2)=NOC12CCC1CCCCC1C2. The van der Waals surface area contributed by atoms with E-state index in [0.29, 0.717) is 5.92 Å². The van der Waals surface area contributed by atoms with Crippen LogP contribution in [-0.2, 0) is 4.84 Å². The van der Waals surface area contributed by atoms with Crippen molar-refractivity contribution >= 4 is 5.71 Å². The van der Waals surface area contributed by atoms with E-state index in [2.05, 4.69) is 56.3 Å². The van der Waals surface area contributed by atoms with E-state index >= 15 is 0 Å². The molecule has 130 valence electrons. The number of rotatable bonds is 1. The molecule has 0 aromatic heterocycles. The fourth-order valence-corrected chi connectivity index (χ4v) is 5.78. The van der Waals surface area contributed by atoms with Crippen LogP contribution in [0.3, 0.4) is 0 Å². The highest BCUT2D eigenvalue weighted by Gasteiger charge is 2.57. The summed E-state index contributed by atoms with van der Waals surface area (Å²) in [7, 11) is 0. The van der Waals surface area contributed by atoms with Gasteiger partial charge in [0.05, 0.1) is 11.6 Å². The Morgan fingerprint density at radius 1 is 1.00 bits per heavy atom. The fourth-order valence-electron chi connectivity index (χ4n) is 5.78. The Morgan fingerprint density at radius 3 is 2.42 bits per heavy atom. The lowest BCUT2D eigenvalue weighted by Crippen LogP contribution is -2.51. The predicted molar refractivity (Wildman–Crippen MR) is 99.0 cm³/mol. The standard InChI is InChI=1S/C22H31NO/c1-21(2,3)20-19(17-10-5-4-6-11-17)23-24-22(20)14-13-16-9-7-8-12-18(16)15-22/h4-6,10-11,16,18,20H,7-9,12-15H2,1-3H3. The molecule has 2 saturated carbocycles. The molecule has 0 N–H and O–H groups in total. The quantitative estimate of drug-likeness (QED) is 0.638. The molecule has 2 aliphatic carbocycles. The van der Waals surface area contributed by atoms with Gasteiger partial charge < -0.3 is 4.84 Å². The first-order chi connectivity index (χ1) is 11.5. The summed E-state index contributed by atoms with van der Waals surface area (Å²) in [5.74, 6) is 2.17. The van der Waals surface area contributed by atoms with E-state index in [4.69, 9.17) is 4.84 Å². The van der Waals surface area contributed by atoms with Gasteiger partial charge in [-0.2, -0.15) is 0 Å². The van der Waals surface area contributed by atoms with E-state index in [-0.39, 0.29) is 11.0 Å². The molecule has 2 fully saturated rings. The van der Waals surface area contributed by atoms with Crippen molar-refractivity contribution in [1.29, 1.82) is 0 Å². The molecule has 4 atom stereocenters. The summed E-state index contributed by atoms with van der Waals surface area (Å²) >= 11 is 0. The van der Waals surface area contributed by atoms with Gasteiger partial charge >= 0.3 is 0 Å². The minimum atomic E-state index is -0.0675. The Morgan fingerprint density at radius 2 is 1.71 bits per heavy atom. The van der Waals surface area contributed by atoms with Crippen LogP contribution in [0.5, 0.6) is 0 Å². The summed E-state index contributed by atoms with van der Waals surface area (Å²) in [4.78, 5) is 6.32.